The monoisotopic (exact) mass is 356 g/mol. The summed E-state index contributed by atoms with van der Waals surface area (Å²) in [6.07, 6.45) is 5.91. The fraction of sp³-hybridized carbons (Fsp3) is 0.500. The van der Waals surface area contributed by atoms with Gasteiger partial charge >= 0.3 is 0 Å². The molecule has 0 saturated carbocycles. The molecule has 0 bridgehead atoms. The molecular formula is C22H32N2O2. The fourth-order valence-corrected chi connectivity index (χ4v) is 3.01. The first-order chi connectivity index (χ1) is 12.6. The second-order valence-electron chi connectivity index (χ2n) is 6.88. The van der Waals surface area contributed by atoms with Gasteiger partial charge in [-0.05, 0) is 31.0 Å². The second kappa shape index (κ2) is 10.8. The minimum atomic E-state index is 0.221. The molecule has 0 aliphatic rings. The molecule has 0 aliphatic carbocycles. The molecule has 26 heavy (non-hydrogen) atoms. The molecule has 1 amide bonds. The van der Waals surface area contributed by atoms with Crippen LogP contribution in [0.5, 0.6) is 0 Å². The van der Waals surface area contributed by atoms with E-state index < -0.39 is 0 Å². The predicted molar refractivity (Wildman–Crippen MR) is 106 cm³/mol. The summed E-state index contributed by atoms with van der Waals surface area (Å²) in [5.41, 5.74) is 3.70. The first kappa shape index (κ1) is 20.2. The average molecular weight is 357 g/mol. The largest absolute Gasteiger partial charge is 0.383 e. The zero-order chi connectivity index (χ0) is 18.8. The third-order valence-corrected chi connectivity index (χ3v) is 4.66. The van der Waals surface area contributed by atoms with Crippen LogP contribution in [0, 0.1) is 6.92 Å². The number of rotatable bonds is 11. The highest BCUT2D eigenvalue weighted by Crippen LogP contribution is 2.13. The molecule has 0 atom stereocenters. The minimum Gasteiger partial charge on any atom is -0.383 e. The van der Waals surface area contributed by atoms with E-state index in [0.29, 0.717) is 26.1 Å². The van der Waals surface area contributed by atoms with Crippen molar-refractivity contribution in [3.8, 4) is 0 Å². The molecule has 4 heteroatoms. The number of ether oxygens (including phenoxy) is 1. The Labute approximate surface area is 157 Å². The van der Waals surface area contributed by atoms with Gasteiger partial charge in [0.1, 0.15) is 0 Å². The van der Waals surface area contributed by atoms with Crippen molar-refractivity contribution in [2.75, 3.05) is 20.3 Å². The van der Waals surface area contributed by atoms with Crippen molar-refractivity contribution in [1.82, 2.24) is 9.47 Å². The lowest BCUT2D eigenvalue weighted by molar-refractivity contribution is -0.132. The highest BCUT2D eigenvalue weighted by molar-refractivity contribution is 5.76. The first-order valence-electron chi connectivity index (χ1n) is 9.60. The van der Waals surface area contributed by atoms with Gasteiger partial charge in [-0.25, -0.2) is 0 Å². The lowest BCUT2D eigenvalue weighted by Crippen LogP contribution is -2.34. The van der Waals surface area contributed by atoms with Crippen LogP contribution in [-0.2, 0) is 22.6 Å². The zero-order valence-corrected chi connectivity index (χ0v) is 16.4. The van der Waals surface area contributed by atoms with Crippen LogP contribution in [-0.4, -0.2) is 35.6 Å². The van der Waals surface area contributed by atoms with Crippen LogP contribution in [0.2, 0.25) is 0 Å². The molecular weight excluding hydrogens is 324 g/mol. The van der Waals surface area contributed by atoms with E-state index in [4.69, 9.17) is 4.74 Å². The van der Waals surface area contributed by atoms with Gasteiger partial charge in [-0.2, -0.15) is 0 Å². The molecule has 0 saturated heterocycles. The Balaban J connectivity index is 2.04. The number of hydrogen-bond donors (Lipinski definition) is 0. The molecule has 1 heterocycles. The number of aromatic nitrogens is 1. The van der Waals surface area contributed by atoms with Crippen LogP contribution in [0.1, 0.15) is 49.4 Å². The quantitative estimate of drug-likeness (QED) is 0.559. The van der Waals surface area contributed by atoms with Gasteiger partial charge in [0.05, 0.1) is 13.2 Å². The molecule has 0 spiro atoms. The highest BCUT2D eigenvalue weighted by atomic mass is 16.5. The normalized spacial score (nSPS) is 10.9. The number of unbranched alkanes of at least 4 members (excludes halogenated alkanes) is 2. The number of aryl methyl sites for hydroxylation is 1. The molecule has 4 nitrogen and oxygen atoms in total. The third kappa shape index (κ3) is 6.34. The second-order valence-corrected chi connectivity index (χ2v) is 6.88. The van der Waals surface area contributed by atoms with E-state index in [2.05, 4.69) is 61.0 Å². The summed E-state index contributed by atoms with van der Waals surface area (Å²) in [6, 6.07) is 12.8. The molecule has 2 rings (SSSR count). The first-order valence-corrected chi connectivity index (χ1v) is 9.60. The number of amides is 1. The topological polar surface area (TPSA) is 34.5 Å². The fourth-order valence-electron chi connectivity index (χ4n) is 3.01. The molecule has 0 fully saturated rings. The third-order valence-electron chi connectivity index (χ3n) is 4.66. The minimum absolute atomic E-state index is 0.221. The number of carbonyl (C=O) groups excluding carboxylic acids is 1. The van der Waals surface area contributed by atoms with Gasteiger partial charge in [-0.3, -0.25) is 4.79 Å². The molecule has 0 N–H and O–H groups in total. The van der Waals surface area contributed by atoms with E-state index in [1.807, 2.05) is 4.90 Å². The number of nitrogens with zero attached hydrogens (tertiary/aromatic N) is 2. The molecule has 0 radical (unpaired) electrons. The summed E-state index contributed by atoms with van der Waals surface area (Å²) >= 11 is 0. The van der Waals surface area contributed by atoms with Crippen molar-refractivity contribution in [2.24, 2.45) is 0 Å². The highest BCUT2D eigenvalue weighted by Gasteiger charge is 2.15. The van der Waals surface area contributed by atoms with Gasteiger partial charge in [0, 0.05) is 38.5 Å². The molecule has 1 aromatic carbocycles. The maximum Gasteiger partial charge on any atom is 0.222 e. The molecule has 2 aromatic rings. The smallest absolute Gasteiger partial charge is 0.222 e. The van der Waals surface area contributed by atoms with Crippen LogP contribution in [0.15, 0.2) is 42.6 Å². The molecule has 0 aliphatic heterocycles. The average Bonchev–Trinajstić information content (AvgIpc) is 3.07. The van der Waals surface area contributed by atoms with Crippen molar-refractivity contribution >= 4 is 5.91 Å². The predicted octanol–water partition coefficient (Wildman–Crippen LogP) is 4.40. The lowest BCUT2D eigenvalue weighted by atomic mass is 10.1. The van der Waals surface area contributed by atoms with Crippen LogP contribution >= 0.6 is 0 Å². The molecule has 0 unspecified atom stereocenters. The summed E-state index contributed by atoms with van der Waals surface area (Å²) in [5.74, 6) is 0.221. The van der Waals surface area contributed by atoms with E-state index in [-0.39, 0.29) is 5.91 Å². The maximum absolute atomic E-state index is 12.6. The Morgan fingerprint density at radius 3 is 2.62 bits per heavy atom. The van der Waals surface area contributed by atoms with Gasteiger partial charge < -0.3 is 14.2 Å². The van der Waals surface area contributed by atoms with Crippen molar-refractivity contribution in [2.45, 2.75) is 52.6 Å². The number of carbonyl (C=O) groups is 1. The number of hydrogen-bond acceptors (Lipinski definition) is 2. The van der Waals surface area contributed by atoms with Crippen molar-refractivity contribution in [3.05, 3.63) is 59.4 Å². The van der Waals surface area contributed by atoms with Crippen molar-refractivity contribution in [1.29, 1.82) is 0 Å². The standard InChI is InChI=1S/C22H32N2O2/c1-4-5-6-9-22(25)24(15-16-26-3)18-21-8-7-14-23(21)17-20-12-10-19(2)11-13-20/h7-8,10-14H,4-6,9,15-18H2,1-3H3. The van der Waals surface area contributed by atoms with Gasteiger partial charge in [-0.15, -0.1) is 0 Å². The van der Waals surface area contributed by atoms with E-state index in [9.17, 15) is 4.79 Å². The Kier molecular flexibility index (Phi) is 8.42. The van der Waals surface area contributed by atoms with E-state index in [1.165, 1.54) is 11.1 Å². The number of methoxy groups -OCH3 is 1. The maximum atomic E-state index is 12.6. The van der Waals surface area contributed by atoms with Crippen LogP contribution in [0.3, 0.4) is 0 Å². The van der Waals surface area contributed by atoms with Crippen molar-refractivity contribution < 1.29 is 9.53 Å². The van der Waals surface area contributed by atoms with Crippen molar-refractivity contribution in [3.63, 3.8) is 0 Å². The Bertz CT molecular complexity index is 661. The molecule has 142 valence electrons. The lowest BCUT2D eigenvalue weighted by Gasteiger charge is -2.23. The summed E-state index contributed by atoms with van der Waals surface area (Å²) in [5, 5.41) is 0. The molecule has 1 aromatic heterocycles. The summed E-state index contributed by atoms with van der Waals surface area (Å²) in [6.45, 7) is 6.92. The van der Waals surface area contributed by atoms with Crippen LogP contribution < -0.4 is 0 Å². The van der Waals surface area contributed by atoms with Gasteiger partial charge in [-0.1, -0.05) is 49.6 Å². The Morgan fingerprint density at radius 2 is 1.92 bits per heavy atom. The van der Waals surface area contributed by atoms with E-state index in [1.54, 1.807) is 7.11 Å². The summed E-state index contributed by atoms with van der Waals surface area (Å²) < 4.78 is 7.43. The summed E-state index contributed by atoms with van der Waals surface area (Å²) in [4.78, 5) is 14.5. The number of benzene rings is 1. The van der Waals surface area contributed by atoms with E-state index >= 15 is 0 Å². The Hall–Kier alpha value is -2.07. The van der Waals surface area contributed by atoms with Crippen LogP contribution in [0.25, 0.3) is 0 Å². The van der Waals surface area contributed by atoms with Gasteiger partial charge in [0.2, 0.25) is 5.91 Å². The Morgan fingerprint density at radius 1 is 1.15 bits per heavy atom. The zero-order valence-electron chi connectivity index (χ0n) is 16.4. The van der Waals surface area contributed by atoms with Crippen LogP contribution in [0.4, 0.5) is 0 Å². The van der Waals surface area contributed by atoms with Gasteiger partial charge in [0.25, 0.3) is 0 Å². The van der Waals surface area contributed by atoms with Gasteiger partial charge in [0.15, 0.2) is 0 Å². The van der Waals surface area contributed by atoms with E-state index in [0.717, 1.165) is 31.5 Å². The SMILES string of the molecule is CCCCCC(=O)N(CCOC)Cc1cccn1Cc1ccc(C)cc1. The summed E-state index contributed by atoms with van der Waals surface area (Å²) in [7, 11) is 1.68.